The number of carbonyl (C=O) groups excluding carboxylic acids is 3. The zero-order chi connectivity index (χ0) is 28.9. The minimum atomic E-state index is -1.04. The molecule has 1 N–H and O–H groups in total. The lowest BCUT2D eigenvalue weighted by Crippen LogP contribution is -2.41. The van der Waals surface area contributed by atoms with Crippen LogP contribution in [0, 0.1) is 13.8 Å². The standard InChI is InChI=1S/C29H30Cl2N2O6/c1-15-13-20(7-9-22(15)30)25(21-8-10-23(31)16(2)14-21)18(4)38-29(36)17(3)33-28(35)26-27(39-19(5)34)24(37-6)11-12-32-26/h7-14,17-18,25H,1-6H3,(H,33,35)/t17-,18-/m0/s1. The molecule has 0 aliphatic rings. The Morgan fingerprint density at radius 2 is 1.49 bits per heavy atom. The van der Waals surface area contributed by atoms with Gasteiger partial charge in [0.15, 0.2) is 11.4 Å². The molecule has 2 aromatic carbocycles. The normalized spacial score (nSPS) is 12.4. The van der Waals surface area contributed by atoms with Crippen LogP contribution in [0.3, 0.4) is 0 Å². The molecule has 1 aromatic heterocycles. The lowest BCUT2D eigenvalue weighted by atomic mass is 9.86. The minimum absolute atomic E-state index is 0.143. The van der Waals surface area contributed by atoms with Crippen LogP contribution < -0.4 is 14.8 Å². The molecular weight excluding hydrogens is 543 g/mol. The van der Waals surface area contributed by atoms with Crippen molar-refractivity contribution in [2.45, 2.75) is 52.7 Å². The number of amides is 1. The van der Waals surface area contributed by atoms with Crippen molar-refractivity contribution in [2.24, 2.45) is 0 Å². The number of methoxy groups -OCH3 is 1. The van der Waals surface area contributed by atoms with Gasteiger partial charge in [-0.2, -0.15) is 0 Å². The van der Waals surface area contributed by atoms with E-state index in [9.17, 15) is 14.4 Å². The lowest BCUT2D eigenvalue weighted by molar-refractivity contribution is -0.150. The Kier molecular flexibility index (Phi) is 9.94. The zero-order valence-corrected chi connectivity index (χ0v) is 24.0. The predicted molar refractivity (Wildman–Crippen MR) is 149 cm³/mol. The van der Waals surface area contributed by atoms with Crippen LogP contribution in [0.15, 0.2) is 48.7 Å². The molecule has 0 bridgehead atoms. The second-order valence-electron chi connectivity index (χ2n) is 9.12. The third-order valence-corrected chi connectivity index (χ3v) is 6.95. The average molecular weight is 573 g/mol. The number of aryl methyl sites for hydroxylation is 2. The molecule has 0 aliphatic carbocycles. The van der Waals surface area contributed by atoms with Gasteiger partial charge in [0.2, 0.25) is 5.75 Å². The van der Waals surface area contributed by atoms with E-state index in [1.807, 2.05) is 38.1 Å². The summed E-state index contributed by atoms with van der Waals surface area (Å²) in [6.07, 6.45) is 0.711. The summed E-state index contributed by atoms with van der Waals surface area (Å²) in [7, 11) is 1.37. The number of pyridine rings is 1. The molecule has 1 heterocycles. The van der Waals surface area contributed by atoms with Crippen LogP contribution in [0.4, 0.5) is 0 Å². The maximum atomic E-state index is 13.1. The maximum Gasteiger partial charge on any atom is 0.328 e. The van der Waals surface area contributed by atoms with Crippen molar-refractivity contribution in [1.82, 2.24) is 10.3 Å². The molecule has 3 aromatic rings. The molecular formula is C29H30Cl2N2O6. The summed E-state index contributed by atoms with van der Waals surface area (Å²) in [5, 5.41) is 3.82. The Hall–Kier alpha value is -3.62. The van der Waals surface area contributed by atoms with E-state index >= 15 is 0 Å². The summed E-state index contributed by atoms with van der Waals surface area (Å²) < 4.78 is 16.2. The van der Waals surface area contributed by atoms with E-state index in [-0.39, 0.29) is 23.1 Å². The highest BCUT2D eigenvalue weighted by Gasteiger charge is 2.29. The number of carbonyl (C=O) groups is 3. The molecule has 0 spiro atoms. The Morgan fingerprint density at radius 1 is 0.923 bits per heavy atom. The van der Waals surface area contributed by atoms with Crippen molar-refractivity contribution in [2.75, 3.05) is 7.11 Å². The molecule has 8 nitrogen and oxygen atoms in total. The van der Waals surface area contributed by atoms with Crippen molar-refractivity contribution in [3.05, 3.63) is 86.7 Å². The van der Waals surface area contributed by atoms with Gasteiger partial charge in [-0.05, 0) is 62.1 Å². The first kappa shape index (κ1) is 29.9. The third kappa shape index (κ3) is 7.28. The van der Waals surface area contributed by atoms with E-state index in [0.717, 1.165) is 22.3 Å². The molecule has 10 heteroatoms. The Labute approximate surface area is 237 Å². The zero-order valence-electron chi connectivity index (χ0n) is 22.5. The quantitative estimate of drug-likeness (QED) is 0.322. The Bertz CT molecular complexity index is 1340. The van der Waals surface area contributed by atoms with Gasteiger partial charge in [0.25, 0.3) is 5.91 Å². The van der Waals surface area contributed by atoms with Crippen molar-refractivity contribution in [3.63, 3.8) is 0 Å². The number of halogens is 2. The van der Waals surface area contributed by atoms with Crippen molar-refractivity contribution in [1.29, 1.82) is 0 Å². The largest absolute Gasteiger partial charge is 0.493 e. The average Bonchev–Trinajstić information content (AvgIpc) is 2.88. The van der Waals surface area contributed by atoms with Crippen LogP contribution in [-0.4, -0.2) is 42.1 Å². The van der Waals surface area contributed by atoms with Crippen LogP contribution in [0.25, 0.3) is 0 Å². The van der Waals surface area contributed by atoms with Crippen LogP contribution in [0.1, 0.15) is 59.4 Å². The summed E-state index contributed by atoms with van der Waals surface area (Å²) in [5.74, 6) is -2.38. The highest BCUT2D eigenvalue weighted by atomic mass is 35.5. The Morgan fingerprint density at radius 3 is 1.97 bits per heavy atom. The number of rotatable bonds is 9. The minimum Gasteiger partial charge on any atom is -0.493 e. The number of hydrogen-bond acceptors (Lipinski definition) is 7. The van der Waals surface area contributed by atoms with Gasteiger partial charge in [-0.25, -0.2) is 9.78 Å². The fourth-order valence-corrected chi connectivity index (χ4v) is 4.36. The number of aromatic nitrogens is 1. The number of esters is 2. The summed E-state index contributed by atoms with van der Waals surface area (Å²) in [5.41, 5.74) is 3.38. The molecule has 0 unspecified atom stereocenters. The molecule has 206 valence electrons. The number of benzene rings is 2. The first-order valence-electron chi connectivity index (χ1n) is 12.2. The van der Waals surface area contributed by atoms with Gasteiger partial charge < -0.3 is 19.5 Å². The van der Waals surface area contributed by atoms with Gasteiger partial charge in [0.1, 0.15) is 12.1 Å². The molecule has 1 amide bonds. The van der Waals surface area contributed by atoms with Crippen LogP contribution in [0.5, 0.6) is 11.5 Å². The van der Waals surface area contributed by atoms with Crippen molar-refractivity contribution >= 4 is 41.0 Å². The van der Waals surface area contributed by atoms with E-state index in [1.165, 1.54) is 33.2 Å². The summed E-state index contributed by atoms with van der Waals surface area (Å²) >= 11 is 12.5. The molecule has 3 rings (SSSR count). The molecule has 39 heavy (non-hydrogen) atoms. The SMILES string of the molecule is COc1ccnc(C(=O)N[C@@H](C)C(=O)O[C@@H](C)C(c2ccc(Cl)c(C)c2)c2ccc(Cl)c(C)c2)c1OC(C)=O. The molecule has 2 atom stereocenters. The van der Waals surface area contributed by atoms with E-state index in [2.05, 4.69) is 10.3 Å². The second kappa shape index (κ2) is 13.0. The maximum absolute atomic E-state index is 13.1. The van der Waals surface area contributed by atoms with E-state index < -0.39 is 30.0 Å². The molecule has 0 radical (unpaired) electrons. The van der Waals surface area contributed by atoms with Crippen LogP contribution in [-0.2, 0) is 14.3 Å². The molecule has 0 saturated heterocycles. The number of nitrogens with zero attached hydrogens (tertiary/aromatic N) is 1. The first-order valence-corrected chi connectivity index (χ1v) is 12.9. The number of nitrogens with one attached hydrogen (secondary N) is 1. The summed E-state index contributed by atoms with van der Waals surface area (Å²) in [6, 6.07) is 11.7. The monoisotopic (exact) mass is 572 g/mol. The first-order chi connectivity index (χ1) is 18.4. The van der Waals surface area contributed by atoms with Gasteiger partial charge in [0.05, 0.1) is 7.11 Å². The van der Waals surface area contributed by atoms with E-state index in [4.69, 9.17) is 37.4 Å². The summed E-state index contributed by atoms with van der Waals surface area (Å²) in [4.78, 5) is 41.7. The molecule has 0 saturated carbocycles. The fourth-order valence-electron chi connectivity index (χ4n) is 4.13. The second-order valence-corrected chi connectivity index (χ2v) is 9.93. The van der Waals surface area contributed by atoms with Crippen LogP contribution >= 0.6 is 23.2 Å². The lowest BCUT2D eigenvalue weighted by Gasteiger charge is -2.27. The van der Waals surface area contributed by atoms with Crippen molar-refractivity contribution < 1.29 is 28.6 Å². The smallest absolute Gasteiger partial charge is 0.328 e. The van der Waals surface area contributed by atoms with Gasteiger partial charge in [0, 0.05) is 35.2 Å². The predicted octanol–water partition coefficient (Wildman–Crippen LogP) is 5.82. The van der Waals surface area contributed by atoms with Crippen LogP contribution in [0.2, 0.25) is 10.0 Å². The van der Waals surface area contributed by atoms with Gasteiger partial charge in [-0.3, -0.25) is 9.59 Å². The topological polar surface area (TPSA) is 104 Å². The van der Waals surface area contributed by atoms with E-state index in [0.29, 0.717) is 10.0 Å². The van der Waals surface area contributed by atoms with Gasteiger partial charge >= 0.3 is 11.9 Å². The van der Waals surface area contributed by atoms with Crippen molar-refractivity contribution in [3.8, 4) is 11.5 Å². The Balaban J connectivity index is 1.84. The number of hydrogen-bond donors (Lipinski definition) is 1. The van der Waals surface area contributed by atoms with Gasteiger partial charge in [-0.1, -0.05) is 47.5 Å². The highest BCUT2D eigenvalue weighted by Crippen LogP contribution is 2.34. The number of ether oxygens (including phenoxy) is 3. The highest BCUT2D eigenvalue weighted by molar-refractivity contribution is 6.31. The molecule has 0 fully saturated rings. The fraction of sp³-hybridized carbons (Fsp3) is 0.310. The van der Waals surface area contributed by atoms with Gasteiger partial charge in [-0.15, -0.1) is 0 Å². The molecule has 0 aliphatic heterocycles. The summed E-state index contributed by atoms with van der Waals surface area (Å²) in [6.45, 7) is 8.28. The third-order valence-electron chi connectivity index (χ3n) is 6.10. The van der Waals surface area contributed by atoms with E-state index in [1.54, 1.807) is 19.1 Å².